The van der Waals surface area contributed by atoms with Crippen LogP contribution in [0.2, 0.25) is 5.02 Å². The lowest BCUT2D eigenvalue weighted by Gasteiger charge is -2.38. The lowest BCUT2D eigenvalue weighted by molar-refractivity contribution is -0.142. The van der Waals surface area contributed by atoms with E-state index in [0.717, 1.165) is 12.1 Å². The number of nitrogens with zero attached hydrogens (tertiary/aromatic N) is 2. The Labute approximate surface area is 193 Å². The van der Waals surface area contributed by atoms with E-state index in [4.69, 9.17) is 21.1 Å². The van der Waals surface area contributed by atoms with Crippen molar-refractivity contribution in [2.24, 2.45) is 0 Å². The summed E-state index contributed by atoms with van der Waals surface area (Å²) >= 11 is 5.64. The van der Waals surface area contributed by atoms with Crippen molar-refractivity contribution in [1.82, 2.24) is 4.90 Å². The van der Waals surface area contributed by atoms with Crippen molar-refractivity contribution in [3.8, 4) is 5.75 Å². The van der Waals surface area contributed by atoms with Crippen LogP contribution in [0.5, 0.6) is 5.75 Å². The van der Waals surface area contributed by atoms with Gasteiger partial charge in [0.2, 0.25) is 5.91 Å². The molecule has 1 atom stereocenters. The highest BCUT2D eigenvalue weighted by Crippen LogP contribution is 2.36. The highest BCUT2D eigenvalue weighted by Gasteiger charge is 2.35. The molecular weight excluding hydrogens is 463 g/mol. The number of para-hydroxylation sites is 2. The second-order valence-corrected chi connectivity index (χ2v) is 8.04. The van der Waals surface area contributed by atoms with Crippen molar-refractivity contribution in [2.75, 3.05) is 49.6 Å². The molecular formula is C22H21ClF3N3O4. The number of hydrogen-bond acceptors (Lipinski definition) is 5. The van der Waals surface area contributed by atoms with Crippen molar-refractivity contribution in [3.63, 3.8) is 0 Å². The van der Waals surface area contributed by atoms with E-state index >= 15 is 0 Å². The minimum atomic E-state index is -4.64. The monoisotopic (exact) mass is 483 g/mol. The molecule has 1 unspecified atom stereocenters. The smallest absolute Gasteiger partial charge is 0.417 e. The highest BCUT2D eigenvalue weighted by molar-refractivity contribution is 6.31. The number of benzene rings is 2. The van der Waals surface area contributed by atoms with Crippen LogP contribution in [0.4, 0.5) is 24.5 Å². The first-order valence-electron chi connectivity index (χ1n) is 10.3. The van der Waals surface area contributed by atoms with E-state index in [0.29, 0.717) is 37.7 Å². The van der Waals surface area contributed by atoms with Gasteiger partial charge < -0.3 is 24.6 Å². The molecule has 1 saturated heterocycles. The molecule has 1 fully saturated rings. The Kier molecular flexibility index (Phi) is 6.66. The van der Waals surface area contributed by atoms with Gasteiger partial charge >= 0.3 is 6.18 Å². The van der Waals surface area contributed by atoms with E-state index in [1.54, 1.807) is 34.1 Å². The molecule has 176 valence electrons. The van der Waals surface area contributed by atoms with Crippen LogP contribution in [0.15, 0.2) is 42.5 Å². The number of fused-ring (bicyclic) bond motifs is 1. The maximum Gasteiger partial charge on any atom is 0.417 e. The van der Waals surface area contributed by atoms with Crippen LogP contribution in [-0.4, -0.2) is 62.2 Å². The van der Waals surface area contributed by atoms with Gasteiger partial charge in [0.15, 0.2) is 6.10 Å². The van der Waals surface area contributed by atoms with Crippen molar-refractivity contribution in [2.45, 2.75) is 12.3 Å². The van der Waals surface area contributed by atoms with E-state index in [1.807, 2.05) is 0 Å². The van der Waals surface area contributed by atoms with Crippen molar-refractivity contribution >= 4 is 34.8 Å². The number of nitrogens with one attached hydrogen (secondary N) is 1. The van der Waals surface area contributed by atoms with Gasteiger partial charge in [-0.1, -0.05) is 23.7 Å². The molecule has 0 bridgehead atoms. The number of anilines is 2. The van der Waals surface area contributed by atoms with Gasteiger partial charge in [-0.2, -0.15) is 13.2 Å². The maximum atomic E-state index is 13.1. The van der Waals surface area contributed by atoms with Gasteiger partial charge in [0.05, 0.1) is 42.6 Å². The Bertz CT molecular complexity index is 1040. The Morgan fingerprint density at radius 2 is 1.85 bits per heavy atom. The Hall–Kier alpha value is -2.98. The van der Waals surface area contributed by atoms with Crippen molar-refractivity contribution in [3.05, 3.63) is 53.1 Å². The molecule has 0 aliphatic carbocycles. The van der Waals surface area contributed by atoms with Crippen LogP contribution in [0.25, 0.3) is 0 Å². The minimum absolute atomic E-state index is 0.0285. The molecule has 7 nitrogen and oxygen atoms in total. The summed E-state index contributed by atoms with van der Waals surface area (Å²) in [6.45, 7) is 1.74. The Morgan fingerprint density at radius 1 is 1.12 bits per heavy atom. The molecule has 33 heavy (non-hydrogen) atoms. The van der Waals surface area contributed by atoms with E-state index in [1.165, 1.54) is 6.07 Å². The topological polar surface area (TPSA) is 71.1 Å². The second kappa shape index (κ2) is 9.48. The molecule has 0 aromatic heterocycles. The molecule has 1 N–H and O–H groups in total. The van der Waals surface area contributed by atoms with Gasteiger partial charge in [-0.15, -0.1) is 0 Å². The molecule has 11 heteroatoms. The number of ether oxygens (including phenoxy) is 2. The van der Waals surface area contributed by atoms with Gasteiger partial charge in [0.25, 0.3) is 5.91 Å². The van der Waals surface area contributed by atoms with Crippen molar-refractivity contribution < 1.29 is 32.2 Å². The summed E-state index contributed by atoms with van der Waals surface area (Å²) in [4.78, 5) is 29.0. The fourth-order valence-electron chi connectivity index (χ4n) is 3.77. The first kappa shape index (κ1) is 23.2. The van der Waals surface area contributed by atoms with Crippen LogP contribution in [0.1, 0.15) is 5.56 Å². The first-order chi connectivity index (χ1) is 15.7. The largest absolute Gasteiger partial charge is 0.477 e. The first-order valence-corrected chi connectivity index (χ1v) is 10.6. The average Bonchev–Trinajstić information content (AvgIpc) is 2.79. The van der Waals surface area contributed by atoms with E-state index in [2.05, 4.69) is 5.32 Å². The van der Waals surface area contributed by atoms with Crippen molar-refractivity contribution in [1.29, 1.82) is 0 Å². The third kappa shape index (κ3) is 5.33. The molecule has 2 aromatic carbocycles. The molecule has 2 aliphatic heterocycles. The van der Waals surface area contributed by atoms with E-state index in [9.17, 15) is 22.8 Å². The standard InChI is InChI=1S/C22H21ClF3N3O4/c23-16-6-5-14(11-15(16)22(24,25)26)27-20(30)13-29-12-19(21(31)28-7-9-32-10-8-28)33-18-4-2-1-3-17(18)29/h1-6,11,19H,7-10,12-13H2,(H,27,30). The van der Waals surface area contributed by atoms with Gasteiger partial charge in [-0.25, -0.2) is 0 Å². The number of amides is 2. The quantitative estimate of drug-likeness (QED) is 0.721. The summed E-state index contributed by atoms with van der Waals surface area (Å²) in [5, 5.41) is 2.02. The number of carbonyl (C=O) groups excluding carboxylic acids is 2. The average molecular weight is 484 g/mol. The summed E-state index contributed by atoms with van der Waals surface area (Å²) in [5.74, 6) is -0.292. The van der Waals surface area contributed by atoms with Crippen LogP contribution in [-0.2, 0) is 20.5 Å². The third-order valence-corrected chi connectivity index (χ3v) is 5.68. The van der Waals surface area contributed by atoms with Gasteiger partial charge in [0, 0.05) is 18.8 Å². The lowest BCUT2D eigenvalue weighted by atomic mass is 10.1. The Balaban J connectivity index is 1.49. The number of alkyl halides is 3. The molecule has 0 saturated carbocycles. The molecule has 2 aliphatic rings. The third-order valence-electron chi connectivity index (χ3n) is 5.35. The number of rotatable bonds is 4. The normalized spacial score (nSPS) is 18.4. The summed E-state index contributed by atoms with van der Waals surface area (Å²) in [7, 11) is 0. The molecule has 0 spiro atoms. The zero-order valence-corrected chi connectivity index (χ0v) is 18.2. The second-order valence-electron chi connectivity index (χ2n) is 7.63. The fraction of sp³-hybridized carbons (Fsp3) is 0.364. The summed E-state index contributed by atoms with van der Waals surface area (Å²) in [5.41, 5.74) is -0.445. The predicted octanol–water partition coefficient (Wildman–Crippen LogP) is 3.42. The van der Waals surface area contributed by atoms with Crippen LogP contribution in [0, 0.1) is 0 Å². The number of halogens is 4. The molecule has 2 heterocycles. The number of carbonyl (C=O) groups is 2. The van der Waals surface area contributed by atoms with Crippen LogP contribution in [0.3, 0.4) is 0 Å². The zero-order chi connectivity index (χ0) is 23.6. The summed E-state index contributed by atoms with van der Waals surface area (Å²) < 4.78 is 50.5. The maximum absolute atomic E-state index is 13.1. The summed E-state index contributed by atoms with van der Waals surface area (Å²) in [6.07, 6.45) is -5.47. The van der Waals surface area contributed by atoms with E-state index in [-0.39, 0.29) is 24.7 Å². The fourth-order valence-corrected chi connectivity index (χ4v) is 3.99. The van der Waals surface area contributed by atoms with Gasteiger partial charge in [-0.05, 0) is 30.3 Å². The minimum Gasteiger partial charge on any atom is -0.477 e. The molecule has 0 radical (unpaired) electrons. The van der Waals surface area contributed by atoms with Gasteiger partial charge in [-0.3, -0.25) is 9.59 Å². The van der Waals surface area contributed by atoms with Crippen LogP contribution < -0.4 is 15.0 Å². The molecule has 2 aromatic rings. The highest BCUT2D eigenvalue weighted by atomic mass is 35.5. The number of morpholine rings is 1. The SMILES string of the molecule is O=C(CN1CC(C(=O)N2CCOCC2)Oc2ccccc21)Nc1ccc(Cl)c(C(F)(F)F)c1. The summed E-state index contributed by atoms with van der Waals surface area (Å²) in [6, 6.07) is 10.2. The zero-order valence-electron chi connectivity index (χ0n) is 17.4. The predicted molar refractivity (Wildman–Crippen MR) is 116 cm³/mol. The molecule has 2 amide bonds. The molecule has 4 rings (SSSR count). The van der Waals surface area contributed by atoms with Gasteiger partial charge in [0.1, 0.15) is 5.75 Å². The van der Waals surface area contributed by atoms with Crippen LogP contribution >= 0.6 is 11.6 Å². The Morgan fingerprint density at radius 3 is 2.58 bits per heavy atom. The lowest BCUT2D eigenvalue weighted by Crippen LogP contribution is -2.53. The number of hydrogen-bond donors (Lipinski definition) is 1. The van der Waals surface area contributed by atoms with E-state index < -0.39 is 28.8 Å².